The number of aryl methyl sites for hydroxylation is 1. The van der Waals surface area contributed by atoms with Gasteiger partial charge in [0.2, 0.25) is 0 Å². The Kier molecular flexibility index (Phi) is 3.37. The number of hydrogen-bond acceptors (Lipinski definition) is 3. The predicted molar refractivity (Wildman–Crippen MR) is 79.8 cm³/mol. The van der Waals surface area contributed by atoms with Crippen molar-refractivity contribution >= 4 is 5.69 Å². The quantitative estimate of drug-likeness (QED) is 0.920. The summed E-state index contributed by atoms with van der Waals surface area (Å²) >= 11 is 0. The zero-order valence-electron chi connectivity index (χ0n) is 12.3. The Bertz CT molecular complexity index is 576. The Morgan fingerprint density at radius 1 is 1.26 bits per heavy atom. The molecule has 102 valence electrons. The fraction of sp³-hybridized carbons (Fsp3) is 0.400. The zero-order valence-corrected chi connectivity index (χ0v) is 12.3. The predicted octanol–water partition coefficient (Wildman–Crippen LogP) is 2.44. The van der Waals surface area contributed by atoms with E-state index in [0.717, 1.165) is 11.4 Å². The van der Waals surface area contributed by atoms with Gasteiger partial charge in [-0.05, 0) is 38.5 Å². The van der Waals surface area contributed by atoms with Crippen molar-refractivity contribution in [2.45, 2.75) is 26.3 Å². The van der Waals surface area contributed by atoms with Crippen LogP contribution in [0.4, 0.5) is 5.69 Å². The molecule has 2 aromatic rings. The summed E-state index contributed by atoms with van der Waals surface area (Å²) in [4.78, 5) is 6.35. The van der Waals surface area contributed by atoms with Crippen LogP contribution in [0.5, 0.6) is 0 Å². The van der Waals surface area contributed by atoms with Crippen LogP contribution in [-0.2, 0) is 5.54 Å². The van der Waals surface area contributed by atoms with Crippen LogP contribution in [0.2, 0.25) is 0 Å². The smallest absolute Gasteiger partial charge is 0.0994 e. The van der Waals surface area contributed by atoms with E-state index in [-0.39, 0.29) is 0 Å². The third-order valence-corrected chi connectivity index (χ3v) is 3.25. The maximum Gasteiger partial charge on any atom is 0.0994 e. The summed E-state index contributed by atoms with van der Waals surface area (Å²) in [6.45, 7) is 6.09. The summed E-state index contributed by atoms with van der Waals surface area (Å²) in [5, 5.41) is 0. The number of nitrogens with two attached hydrogens (primary N) is 1. The first-order chi connectivity index (χ1) is 8.80. The van der Waals surface area contributed by atoms with Crippen molar-refractivity contribution in [3.05, 3.63) is 42.0 Å². The number of hydrogen-bond donors (Lipinski definition) is 1. The molecule has 0 bridgehead atoms. The molecule has 19 heavy (non-hydrogen) atoms. The number of benzene rings is 1. The third-order valence-electron chi connectivity index (χ3n) is 3.25. The molecule has 1 heterocycles. The van der Waals surface area contributed by atoms with Crippen LogP contribution in [0.25, 0.3) is 5.69 Å². The maximum absolute atomic E-state index is 6.20. The van der Waals surface area contributed by atoms with Crippen molar-refractivity contribution in [3.63, 3.8) is 0 Å². The molecule has 4 nitrogen and oxygen atoms in total. The van der Waals surface area contributed by atoms with Gasteiger partial charge in [-0.1, -0.05) is 6.07 Å². The van der Waals surface area contributed by atoms with E-state index < -0.39 is 5.54 Å². The molecule has 2 rings (SSSR count). The van der Waals surface area contributed by atoms with E-state index in [1.165, 1.54) is 11.3 Å². The average molecular weight is 258 g/mol. The normalized spacial score (nSPS) is 11.7. The highest BCUT2D eigenvalue weighted by Gasteiger charge is 2.20. The lowest BCUT2D eigenvalue weighted by atomic mass is 10.0. The second-order valence-corrected chi connectivity index (χ2v) is 5.74. The van der Waals surface area contributed by atoms with Crippen LogP contribution in [0.1, 0.15) is 25.1 Å². The molecule has 0 fully saturated rings. The van der Waals surface area contributed by atoms with E-state index in [2.05, 4.69) is 35.0 Å². The maximum atomic E-state index is 6.20. The molecule has 1 aromatic heterocycles. The highest BCUT2D eigenvalue weighted by atomic mass is 15.1. The molecule has 0 saturated heterocycles. The van der Waals surface area contributed by atoms with Crippen LogP contribution in [0, 0.1) is 6.92 Å². The molecule has 0 aliphatic heterocycles. The number of imidazole rings is 1. The number of aromatic nitrogens is 2. The van der Waals surface area contributed by atoms with Crippen LogP contribution >= 0.6 is 0 Å². The Morgan fingerprint density at radius 3 is 2.53 bits per heavy atom. The highest BCUT2D eigenvalue weighted by Crippen LogP contribution is 2.25. The van der Waals surface area contributed by atoms with Gasteiger partial charge in [-0.25, -0.2) is 4.98 Å². The summed E-state index contributed by atoms with van der Waals surface area (Å²) in [5.41, 5.74) is 10.3. The van der Waals surface area contributed by atoms with Crippen molar-refractivity contribution < 1.29 is 0 Å². The summed E-state index contributed by atoms with van der Waals surface area (Å²) < 4.78 is 2.05. The number of nitrogens with zero attached hydrogens (tertiary/aromatic N) is 3. The van der Waals surface area contributed by atoms with Gasteiger partial charge >= 0.3 is 0 Å². The van der Waals surface area contributed by atoms with E-state index in [0.29, 0.717) is 0 Å². The summed E-state index contributed by atoms with van der Waals surface area (Å²) in [6, 6.07) is 6.38. The minimum atomic E-state index is -0.417. The third kappa shape index (κ3) is 2.63. The van der Waals surface area contributed by atoms with Gasteiger partial charge in [0.25, 0.3) is 0 Å². The Morgan fingerprint density at radius 2 is 1.95 bits per heavy atom. The van der Waals surface area contributed by atoms with E-state index >= 15 is 0 Å². The van der Waals surface area contributed by atoms with Gasteiger partial charge in [-0.3, -0.25) is 0 Å². The molecular formula is C15H22N4. The van der Waals surface area contributed by atoms with Crippen molar-refractivity contribution in [2.24, 2.45) is 5.73 Å². The minimum Gasteiger partial charge on any atom is -0.377 e. The zero-order chi connectivity index (χ0) is 14.2. The molecule has 0 aliphatic rings. The average Bonchev–Trinajstić information content (AvgIpc) is 2.77. The monoisotopic (exact) mass is 258 g/mol. The number of anilines is 1. The van der Waals surface area contributed by atoms with Gasteiger partial charge in [-0.2, -0.15) is 0 Å². The van der Waals surface area contributed by atoms with E-state index in [1.54, 1.807) is 0 Å². The number of rotatable bonds is 3. The first-order valence-corrected chi connectivity index (χ1v) is 6.41. The minimum absolute atomic E-state index is 0.417. The summed E-state index contributed by atoms with van der Waals surface area (Å²) in [6.07, 6.45) is 3.64. The van der Waals surface area contributed by atoms with E-state index in [4.69, 9.17) is 5.73 Å². The van der Waals surface area contributed by atoms with Crippen LogP contribution in [-0.4, -0.2) is 23.6 Å². The summed E-state index contributed by atoms with van der Waals surface area (Å²) in [5.74, 6) is 0. The molecule has 4 heteroatoms. The van der Waals surface area contributed by atoms with Crippen molar-refractivity contribution in [2.75, 3.05) is 19.0 Å². The molecule has 0 radical (unpaired) electrons. The Balaban J connectivity index is 2.55. The first-order valence-electron chi connectivity index (χ1n) is 6.41. The molecular weight excluding hydrogens is 236 g/mol. The largest absolute Gasteiger partial charge is 0.377 e. The van der Waals surface area contributed by atoms with Crippen molar-refractivity contribution in [1.82, 2.24) is 9.55 Å². The van der Waals surface area contributed by atoms with E-state index in [1.807, 2.05) is 45.0 Å². The molecule has 0 unspecified atom stereocenters. The van der Waals surface area contributed by atoms with E-state index in [9.17, 15) is 0 Å². The molecule has 0 spiro atoms. The molecule has 2 N–H and O–H groups in total. The first kappa shape index (κ1) is 13.6. The van der Waals surface area contributed by atoms with Gasteiger partial charge in [0, 0.05) is 25.5 Å². The second-order valence-electron chi connectivity index (χ2n) is 5.74. The molecule has 0 saturated carbocycles. The standard InChI is InChI=1S/C15H22N4/c1-11-6-7-12(8-13(11)18(4)5)19-10-17-9-14(19)15(2,3)16/h6-10H,16H2,1-5H3. The van der Waals surface area contributed by atoms with Gasteiger partial charge in [-0.15, -0.1) is 0 Å². The molecule has 0 amide bonds. The van der Waals surface area contributed by atoms with Gasteiger partial charge in [0.15, 0.2) is 0 Å². The highest BCUT2D eigenvalue weighted by molar-refractivity contribution is 5.58. The Labute approximate surface area is 114 Å². The Hall–Kier alpha value is -1.81. The van der Waals surface area contributed by atoms with Crippen LogP contribution in [0.3, 0.4) is 0 Å². The van der Waals surface area contributed by atoms with Crippen LogP contribution < -0.4 is 10.6 Å². The molecule has 0 atom stereocenters. The summed E-state index contributed by atoms with van der Waals surface area (Å²) in [7, 11) is 4.10. The molecule has 0 aliphatic carbocycles. The van der Waals surface area contributed by atoms with Crippen LogP contribution in [0.15, 0.2) is 30.7 Å². The van der Waals surface area contributed by atoms with Crippen molar-refractivity contribution in [1.29, 1.82) is 0 Å². The fourth-order valence-corrected chi connectivity index (χ4v) is 2.21. The topological polar surface area (TPSA) is 47.1 Å². The lowest BCUT2D eigenvalue weighted by molar-refractivity contribution is 0.524. The van der Waals surface area contributed by atoms with Crippen molar-refractivity contribution in [3.8, 4) is 5.69 Å². The van der Waals surface area contributed by atoms with Gasteiger partial charge in [0.1, 0.15) is 0 Å². The second kappa shape index (κ2) is 4.70. The SMILES string of the molecule is Cc1ccc(-n2cncc2C(C)(C)N)cc1N(C)C. The van der Waals surface area contributed by atoms with Gasteiger partial charge < -0.3 is 15.2 Å². The lowest BCUT2D eigenvalue weighted by Gasteiger charge is -2.22. The lowest BCUT2D eigenvalue weighted by Crippen LogP contribution is -2.31. The van der Waals surface area contributed by atoms with Gasteiger partial charge in [0.05, 0.1) is 23.8 Å². The fourth-order valence-electron chi connectivity index (χ4n) is 2.21. The molecule has 1 aromatic carbocycles.